The lowest BCUT2D eigenvalue weighted by molar-refractivity contribution is 0.485. The zero-order valence-electron chi connectivity index (χ0n) is 13.9. The highest BCUT2D eigenvalue weighted by molar-refractivity contribution is 5.68. The molecule has 2 unspecified atom stereocenters. The molecule has 1 aliphatic rings. The highest BCUT2D eigenvalue weighted by Crippen LogP contribution is 2.37. The number of nitrogens with one attached hydrogen (secondary N) is 1. The van der Waals surface area contributed by atoms with Crippen LogP contribution in [-0.2, 0) is 0 Å². The molecule has 0 bridgehead atoms. The number of hydrogen-bond donors (Lipinski definition) is 1. The van der Waals surface area contributed by atoms with Crippen molar-refractivity contribution in [2.75, 3.05) is 0 Å². The first-order valence-electron chi connectivity index (χ1n) is 8.68. The van der Waals surface area contributed by atoms with Crippen LogP contribution in [0.4, 0.5) is 0 Å². The van der Waals surface area contributed by atoms with Crippen molar-refractivity contribution in [1.29, 1.82) is 0 Å². The van der Waals surface area contributed by atoms with Gasteiger partial charge in [0.05, 0.1) is 11.4 Å². The second kappa shape index (κ2) is 6.48. The number of aromatic amines is 1. The van der Waals surface area contributed by atoms with Gasteiger partial charge in [-0.15, -0.1) is 0 Å². The molecule has 0 radical (unpaired) electrons. The van der Waals surface area contributed by atoms with Gasteiger partial charge in [-0.1, -0.05) is 79.7 Å². The van der Waals surface area contributed by atoms with E-state index < -0.39 is 0 Å². The fraction of sp³-hybridized carbons (Fsp3) is 0.227. The molecule has 0 saturated heterocycles. The van der Waals surface area contributed by atoms with E-state index in [1.165, 1.54) is 24.1 Å². The fourth-order valence-electron chi connectivity index (χ4n) is 3.50. The number of imidazole rings is 1. The van der Waals surface area contributed by atoms with E-state index in [4.69, 9.17) is 4.98 Å². The van der Waals surface area contributed by atoms with Crippen LogP contribution in [0.2, 0.25) is 0 Å². The average Bonchev–Trinajstić information content (AvgIpc) is 3.09. The number of H-pyrrole nitrogens is 1. The zero-order valence-corrected chi connectivity index (χ0v) is 13.9. The summed E-state index contributed by atoms with van der Waals surface area (Å²) in [6.07, 6.45) is 7.01. The first-order chi connectivity index (χ1) is 11.8. The van der Waals surface area contributed by atoms with Gasteiger partial charge in [0.25, 0.3) is 0 Å². The number of nitrogens with zero attached hydrogens (tertiary/aromatic N) is 1. The Hall–Kier alpha value is -2.61. The van der Waals surface area contributed by atoms with Gasteiger partial charge < -0.3 is 4.98 Å². The summed E-state index contributed by atoms with van der Waals surface area (Å²) in [7, 11) is 0. The largest absolute Gasteiger partial charge is 0.341 e. The molecule has 0 amide bonds. The van der Waals surface area contributed by atoms with E-state index in [9.17, 15) is 0 Å². The van der Waals surface area contributed by atoms with Crippen molar-refractivity contribution in [3.63, 3.8) is 0 Å². The SMILES string of the molecule is CC1CC=CC(c2[nH]c(-c3ccccc3)nc2-c2ccccc2)C1. The molecule has 0 spiro atoms. The summed E-state index contributed by atoms with van der Waals surface area (Å²) < 4.78 is 0. The van der Waals surface area contributed by atoms with Gasteiger partial charge in [0.2, 0.25) is 0 Å². The molecule has 1 aromatic heterocycles. The summed E-state index contributed by atoms with van der Waals surface area (Å²) in [4.78, 5) is 8.59. The summed E-state index contributed by atoms with van der Waals surface area (Å²) in [6.45, 7) is 2.33. The molecule has 0 fully saturated rings. The van der Waals surface area contributed by atoms with Gasteiger partial charge in [-0.3, -0.25) is 0 Å². The second-order valence-electron chi connectivity index (χ2n) is 6.69. The average molecular weight is 314 g/mol. The highest BCUT2D eigenvalue weighted by Gasteiger charge is 2.23. The van der Waals surface area contributed by atoms with Gasteiger partial charge in [0.1, 0.15) is 5.82 Å². The molecule has 2 nitrogen and oxygen atoms in total. The van der Waals surface area contributed by atoms with Crippen LogP contribution in [0.5, 0.6) is 0 Å². The molecule has 120 valence electrons. The molecule has 1 aliphatic carbocycles. The number of allylic oxidation sites excluding steroid dienone is 2. The topological polar surface area (TPSA) is 28.7 Å². The maximum absolute atomic E-state index is 4.96. The molecule has 4 rings (SSSR count). The minimum absolute atomic E-state index is 0.411. The van der Waals surface area contributed by atoms with Gasteiger partial charge in [-0.05, 0) is 18.8 Å². The van der Waals surface area contributed by atoms with Crippen LogP contribution in [-0.4, -0.2) is 9.97 Å². The predicted molar refractivity (Wildman–Crippen MR) is 99.7 cm³/mol. The molecular formula is C22H22N2. The molecule has 2 atom stereocenters. The second-order valence-corrected chi connectivity index (χ2v) is 6.69. The molecule has 1 heterocycles. The van der Waals surface area contributed by atoms with Crippen LogP contribution >= 0.6 is 0 Å². The zero-order chi connectivity index (χ0) is 16.4. The number of hydrogen-bond acceptors (Lipinski definition) is 1. The first-order valence-corrected chi connectivity index (χ1v) is 8.68. The smallest absolute Gasteiger partial charge is 0.138 e. The van der Waals surface area contributed by atoms with Crippen molar-refractivity contribution >= 4 is 0 Å². The van der Waals surface area contributed by atoms with Crippen LogP contribution in [0.25, 0.3) is 22.6 Å². The van der Waals surface area contributed by atoms with Gasteiger partial charge in [0, 0.05) is 17.0 Å². The Balaban J connectivity index is 1.83. The summed E-state index contributed by atoms with van der Waals surface area (Å²) >= 11 is 0. The number of benzene rings is 2. The Morgan fingerprint density at radius 2 is 1.58 bits per heavy atom. The van der Waals surface area contributed by atoms with Crippen LogP contribution in [0.1, 0.15) is 31.4 Å². The Kier molecular flexibility index (Phi) is 4.04. The van der Waals surface area contributed by atoms with Crippen molar-refractivity contribution < 1.29 is 0 Å². The van der Waals surface area contributed by atoms with Gasteiger partial charge in [0.15, 0.2) is 0 Å². The summed E-state index contributed by atoms with van der Waals surface area (Å²) in [5, 5.41) is 0. The molecule has 24 heavy (non-hydrogen) atoms. The molecular weight excluding hydrogens is 292 g/mol. The van der Waals surface area contributed by atoms with Crippen LogP contribution in [0.15, 0.2) is 72.8 Å². The quantitative estimate of drug-likeness (QED) is 0.607. The molecule has 1 N–H and O–H groups in total. The van der Waals surface area contributed by atoms with Gasteiger partial charge in [-0.25, -0.2) is 4.98 Å². The monoisotopic (exact) mass is 314 g/mol. The van der Waals surface area contributed by atoms with E-state index in [1.807, 2.05) is 6.07 Å². The standard InChI is InChI=1S/C22H22N2/c1-16-9-8-14-19(15-16)21-20(17-10-4-2-5-11-17)23-22(24-21)18-12-6-3-7-13-18/h2-8,10-14,16,19H,9,15H2,1H3,(H,23,24). The van der Waals surface area contributed by atoms with E-state index in [1.54, 1.807) is 0 Å². The maximum Gasteiger partial charge on any atom is 0.138 e. The van der Waals surface area contributed by atoms with Gasteiger partial charge in [-0.2, -0.15) is 0 Å². The lowest BCUT2D eigenvalue weighted by atomic mass is 9.85. The highest BCUT2D eigenvalue weighted by atomic mass is 14.9. The Labute approximate surface area is 143 Å². The van der Waals surface area contributed by atoms with Crippen molar-refractivity contribution in [1.82, 2.24) is 9.97 Å². The Bertz CT molecular complexity index is 831. The van der Waals surface area contributed by atoms with Crippen LogP contribution < -0.4 is 0 Å². The molecule has 0 saturated carbocycles. The third-order valence-electron chi connectivity index (χ3n) is 4.76. The third-order valence-corrected chi connectivity index (χ3v) is 4.76. The fourth-order valence-corrected chi connectivity index (χ4v) is 3.50. The molecule has 2 aromatic carbocycles. The normalized spacial score (nSPS) is 20.2. The van der Waals surface area contributed by atoms with Crippen LogP contribution in [0, 0.1) is 5.92 Å². The minimum atomic E-state index is 0.411. The third kappa shape index (κ3) is 2.92. The Morgan fingerprint density at radius 1 is 0.917 bits per heavy atom. The summed E-state index contributed by atoms with van der Waals surface area (Å²) in [5.41, 5.74) is 4.63. The van der Waals surface area contributed by atoms with E-state index >= 15 is 0 Å². The van der Waals surface area contributed by atoms with E-state index in [2.05, 4.69) is 78.7 Å². The molecule has 3 aromatic rings. The van der Waals surface area contributed by atoms with Gasteiger partial charge >= 0.3 is 0 Å². The Morgan fingerprint density at radius 3 is 2.25 bits per heavy atom. The van der Waals surface area contributed by atoms with E-state index in [-0.39, 0.29) is 0 Å². The first kappa shape index (κ1) is 14.9. The lowest BCUT2D eigenvalue weighted by Crippen LogP contribution is -2.08. The summed E-state index contributed by atoms with van der Waals surface area (Å²) in [5.74, 6) is 2.08. The lowest BCUT2D eigenvalue weighted by Gasteiger charge is -2.21. The van der Waals surface area contributed by atoms with Crippen molar-refractivity contribution in [3.8, 4) is 22.6 Å². The maximum atomic E-state index is 4.96. The van der Waals surface area contributed by atoms with Crippen molar-refractivity contribution in [3.05, 3.63) is 78.5 Å². The van der Waals surface area contributed by atoms with Crippen molar-refractivity contribution in [2.24, 2.45) is 5.92 Å². The van der Waals surface area contributed by atoms with Crippen molar-refractivity contribution in [2.45, 2.75) is 25.7 Å². The van der Waals surface area contributed by atoms with E-state index in [0.29, 0.717) is 11.8 Å². The molecule has 0 aliphatic heterocycles. The predicted octanol–water partition coefficient (Wildman–Crippen LogP) is 5.81. The van der Waals surface area contributed by atoms with E-state index in [0.717, 1.165) is 17.1 Å². The number of aromatic nitrogens is 2. The minimum Gasteiger partial charge on any atom is -0.341 e. The number of rotatable bonds is 3. The van der Waals surface area contributed by atoms with Crippen LogP contribution in [0.3, 0.4) is 0 Å². The summed E-state index contributed by atoms with van der Waals surface area (Å²) in [6, 6.07) is 20.9. The molecule has 2 heteroatoms.